The Morgan fingerprint density at radius 2 is 1.72 bits per heavy atom. The number of cyclic esters (lactones) is 1. The van der Waals surface area contributed by atoms with Crippen molar-refractivity contribution in [2.45, 2.75) is 26.2 Å². The van der Waals surface area contributed by atoms with Crippen molar-refractivity contribution in [2.24, 2.45) is 4.99 Å². The van der Waals surface area contributed by atoms with E-state index in [1.807, 2.05) is 48.5 Å². The van der Waals surface area contributed by atoms with Crippen LogP contribution in [0.15, 0.2) is 75.8 Å². The van der Waals surface area contributed by atoms with Gasteiger partial charge in [-0.25, -0.2) is 9.79 Å². The maximum absolute atomic E-state index is 12.2. The Balaban J connectivity index is 1.58. The topological polar surface area (TPSA) is 51.8 Å². The molecule has 5 heteroatoms. The van der Waals surface area contributed by atoms with Gasteiger partial charge in [0.25, 0.3) is 0 Å². The van der Waals surface area contributed by atoms with Crippen LogP contribution in [0.5, 0.6) is 0 Å². The molecule has 29 heavy (non-hydrogen) atoms. The number of furan rings is 1. The van der Waals surface area contributed by atoms with Gasteiger partial charge in [-0.2, -0.15) is 0 Å². The van der Waals surface area contributed by atoms with Crippen molar-refractivity contribution in [1.82, 2.24) is 0 Å². The Morgan fingerprint density at radius 1 is 0.966 bits per heavy atom. The van der Waals surface area contributed by atoms with Gasteiger partial charge >= 0.3 is 5.97 Å². The van der Waals surface area contributed by atoms with Gasteiger partial charge in [0.05, 0.1) is 0 Å². The minimum atomic E-state index is -0.499. The average molecular weight is 406 g/mol. The van der Waals surface area contributed by atoms with Gasteiger partial charge in [-0.05, 0) is 47.4 Å². The summed E-state index contributed by atoms with van der Waals surface area (Å²) in [4.78, 5) is 16.6. The maximum atomic E-state index is 12.2. The van der Waals surface area contributed by atoms with Crippen molar-refractivity contribution in [2.75, 3.05) is 0 Å². The Morgan fingerprint density at radius 3 is 2.41 bits per heavy atom. The summed E-state index contributed by atoms with van der Waals surface area (Å²) in [7, 11) is 0. The Hall–Kier alpha value is -3.11. The molecule has 0 saturated carbocycles. The zero-order chi connectivity index (χ0) is 20.6. The summed E-state index contributed by atoms with van der Waals surface area (Å²) >= 11 is 6.03. The average Bonchev–Trinajstić information content (AvgIpc) is 3.29. The molecular formula is C24H20ClNO3. The van der Waals surface area contributed by atoms with Crippen LogP contribution in [0.1, 0.15) is 37.7 Å². The van der Waals surface area contributed by atoms with E-state index >= 15 is 0 Å². The van der Waals surface area contributed by atoms with Gasteiger partial charge in [-0.1, -0.05) is 56.6 Å². The van der Waals surface area contributed by atoms with Crippen LogP contribution in [0.25, 0.3) is 17.4 Å². The van der Waals surface area contributed by atoms with E-state index in [-0.39, 0.29) is 11.1 Å². The lowest BCUT2D eigenvalue weighted by Gasteiger charge is -2.18. The van der Waals surface area contributed by atoms with Gasteiger partial charge in [0.15, 0.2) is 5.70 Å². The number of nitrogens with zero attached hydrogens (tertiary/aromatic N) is 1. The summed E-state index contributed by atoms with van der Waals surface area (Å²) in [5, 5.41) is 0.630. The molecule has 0 N–H and O–H groups in total. The van der Waals surface area contributed by atoms with Crippen molar-refractivity contribution in [1.29, 1.82) is 0 Å². The molecule has 146 valence electrons. The van der Waals surface area contributed by atoms with Crippen molar-refractivity contribution < 1.29 is 13.9 Å². The molecule has 4 nitrogen and oxygen atoms in total. The van der Waals surface area contributed by atoms with Gasteiger partial charge in [0, 0.05) is 22.2 Å². The number of hydrogen-bond acceptors (Lipinski definition) is 4. The highest BCUT2D eigenvalue weighted by atomic mass is 35.5. The van der Waals surface area contributed by atoms with Crippen LogP contribution in [-0.4, -0.2) is 11.9 Å². The van der Waals surface area contributed by atoms with E-state index < -0.39 is 5.97 Å². The number of halogens is 1. The van der Waals surface area contributed by atoms with E-state index in [2.05, 4.69) is 25.8 Å². The lowest BCUT2D eigenvalue weighted by molar-refractivity contribution is -0.129. The molecular weight excluding hydrogens is 386 g/mol. The summed E-state index contributed by atoms with van der Waals surface area (Å²) in [6, 6.07) is 18.9. The normalized spacial score (nSPS) is 15.5. The van der Waals surface area contributed by atoms with Crippen molar-refractivity contribution >= 4 is 29.5 Å². The molecule has 1 aliphatic heterocycles. The molecule has 1 aliphatic rings. The van der Waals surface area contributed by atoms with Crippen molar-refractivity contribution in [3.8, 4) is 11.3 Å². The third-order valence-electron chi connectivity index (χ3n) is 4.63. The predicted octanol–water partition coefficient (Wildman–Crippen LogP) is 6.24. The standard InChI is InChI=1S/C24H20ClNO3/c1-24(2,3)17-9-7-15(8-10-17)22-26-20(23(27)29-22)14-19-11-12-21(28-19)16-5-4-6-18(25)13-16/h4-14H,1-3H3. The fourth-order valence-electron chi connectivity index (χ4n) is 3.01. The summed E-state index contributed by atoms with van der Waals surface area (Å²) in [5.41, 5.74) is 3.07. The molecule has 4 rings (SSSR count). The number of carbonyl (C=O) groups excluding carboxylic acids is 1. The van der Waals surface area contributed by atoms with Crippen LogP contribution in [0.3, 0.4) is 0 Å². The highest BCUT2D eigenvalue weighted by Crippen LogP contribution is 2.27. The van der Waals surface area contributed by atoms with Gasteiger partial charge in [-0.3, -0.25) is 0 Å². The predicted molar refractivity (Wildman–Crippen MR) is 115 cm³/mol. The van der Waals surface area contributed by atoms with Gasteiger partial charge in [-0.15, -0.1) is 0 Å². The van der Waals surface area contributed by atoms with Crippen LogP contribution in [-0.2, 0) is 14.9 Å². The largest absolute Gasteiger partial charge is 0.457 e. The molecule has 0 fully saturated rings. The Bertz CT molecular complexity index is 1130. The molecule has 2 aromatic carbocycles. The first-order valence-corrected chi connectivity index (χ1v) is 9.67. The van der Waals surface area contributed by atoms with E-state index in [1.54, 1.807) is 18.2 Å². The molecule has 1 aromatic heterocycles. The number of carbonyl (C=O) groups is 1. The van der Waals surface area contributed by atoms with Crippen LogP contribution < -0.4 is 0 Å². The van der Waals surface area contributed by atoms with E-state index in [0.29, 0.717) is 22.4 Å². The van der Waals surface area contributed by atoms with Gasteiger partial charge < -0.3 is 9.15 Å². The van der Waals surface area contributed by atoms with E-state index in [4.69, 9.17) is 20.8 Å². The number of aliphatic imine (C=N–C) groups is 1. The van der Waals surface area contributed by atoms with Gasteiger partial charge in [0.1, 0.15) is 11.5 Å². The molecule has 0 spiro atoms. The zero-order valence-corrected chi connectivity index (χ0v) is 17.2. The lowest BCUT2D eigenvalue weighted by Crippen LogP contribution is -2.11. The van der Waals surface area contributed by atoms with Crippen LogP contribution in [0.2, 0.25) is 5.02 Å². The molecule has 3 aromatic rings. The maximum Gasteiger partial charge on any atom is 0.363 e. The number of esters is 1. The smallest absolute Gasteiger partial charge is 0.363 e. The highest BCUT2D eigenvalue weighted by Gasteiger charge is 2.25. The Labute approximate surface area is 174 Å². The molecule has 0 amide bonds. The van der Waals surface area contributed by atoms with Crippen LogP contribution in [0.4, 0.5) is 0 Å². The molecule has 0 atom stereocenters. The number of rotatable bonds is 3. The monoisotopic (exact) mass is 405 g/mol. The molecule has 0 aliphatic carbocycles. The van der Waals surface area contributed by atoms with Gasteiger partial charge in [0.2, 0.25) is 5.90 Å². The minimum Gasteiger partial charge on any atom is -0.457 e. The fourth-order valence-corrected chi connectivity index (χ4v) is 3.20. The number of ether oxygens (including phenoxy) is 1. The van der Waals surface area contributed by atoms with Crippen molar-refractivity contribution in [3.63, 3.8) is 0 Å². The third-order valence-corrected chi connectivity index (χ3v) is 4.87. The summed E-state index contributed by atoms with van der Waals surface area (Å²) in [6.07, 6.45) is 1.58. The number of hydrogen-bond donors (Lipinski definition) is 0. The third kappa shape index (κ3) is 4.17. The highest BCUT2D eigenvalue weighted by molar-refractivity contribution is 6.30. The van der Waals surface area contributed by atoms with E-state index in [9.17, 15) is 4.79 Å². The summed E-state index contributed by atoms with van der Waals surface area (Å²) in [5.74, 6) is 0.969. The SMILES string of the molecule is CC(C)(C)c1ccc(C2=NC(=Cc3ccc(-c4cccc(Cl)c4)o3)C(=O)O2)cc1. The molecule has 0 bridgehead atoms. The first kappa shape index (κ1) is 19.2. The first-order valence-electron chi connectivity index (χ1n) is 9.29. The number of benzene rings is 2. The van der Waals surface area contributed by atoms with Crippen LogP contribution >= 0.6 is 11.6 Å². The Kier molecular flexibility index (Phi) is 4.89. The second-order valence-corrected chi connectivity index (χ2v) is 8.31. The zero-order valence-electron chi connectivity index (χ0n) is 16.4. The van der Waals surface area contributed by atoms with E-state index in [1.165, 1.54) is 5.56 Å². The van der Waals surface area contributed by atoms with Crippen molar-refractivity contribution in [3.05, 3.63) is 88.3 Å². The quantitative estimate of drug-likeness (QED) is 0.382. The molecule has 0 saturated heterocycles. The molecule has 2 heterocycles. The van der Waals surface area contributed by atoms with E-state index in [0.717, 1.165) is 11.1 Å². The summed E-state index contributed by atoms with van der Waals surface area (Å²) < 4.78 is 11.2. The molecule has 0 radical (unpaired) electrons. The van der Waals surface area contributed by atoms with Crippen LogP contribution in [0, 0.1) is 0 Å². The lowest BCUT2D eigenvalue weighted by atomic mass is 9.87. The fraction of sp³-hybridized carbons (Fsp3) is 0.167. The second-order valence-electron chi connectivity index (χ2n) is 7.88. The first-order chi connectivity index (χ1) is 13.8. The molecule has 0 unspecified atom stereocenters. The summed E-state index contributed by atoms with van der Waals surface area (Å²) in [6.45, 7) is 6.45. The minimum absolute atomic E-state index is 0.0533. The second kappa shape index (κ2) is 7.37.